The van der Waals surface area contributed by atoms with Crippen molar-refractivity contribution >= 4 is 5.91 Å². The number of nitrogens with zero attached hydrogens (tertiary/aromatic N) is 2. The summed E-state index contributed by atoms with van der Waals surface area (Å²) in [6.07, 6.45) is 3.66. The first-order chi connectivity index (χ1) is 13.0. The lowest BCUT2D eigenvalue weighted by molar-refractivity contribution is -0.123. The van der Waals surface area contributed by atoms with Crippen molar-refractivity contribution in [2.75, 3.05) is 6.61 Å². The van der Waals surface area contributed by atoms with E-state index in [-0.39, 0.29) is 12.5 Å². The zero-order valence-electron chi connectivity index (χ0n) is 16.0. The lowest BCUT2D eigenvalue weighted by Crippen LogP contribution is -2.28. The average Bonchev–Trinajstić information content (AvgIpc) is 3.14. The summed E-state index contributed by atoms with van der Waals surface area (Å²) in [5.74, 6) is 1.02. The molecular weight excluding hydrogens is 338 g/mol. The van der Waals surface area contributed by atoms with Crippen LogP contribution >= 0.6 is 0 Å². The summed E-state index contributed by atoms with van der Waals surface area (Å²) >= 11 is 0. The Kier molecular flexibility index (Phi) is 5.91. The van der Waals surface area contributed by atoms with Crippen LogP contribution in [0.2, 0.25) is 0 Å². The Morgan fingerprint density at radius 1 is 1.19 bits per heavy atom. The van der Waals surface area contributed by atoms with E-state index in [0.29, 0.717) is 18.2 Å². The zero-order valence-corrected chi connectivity index (χ0v) is 16.0. The Hall–Kier alpha value is -3.08. The van der Waals surface area contributed by atoms with E-state index >= 15 is 0 Å². The van der Waals surface area contributed by atoms with Crippen molar-refractivity contribution < 1.29 is 9.53 Å². The zero-order chi connectivity index (χ0) is 19.2. The van der Waals surface area contributed by atoms with Crippen LogP contribution in [0.3, 0.4) is 0 Å². The van der Waals surface area contributed by atoms with Crippen LogP contribution in [-0.4, -0.2) is 22.3 Å². The van der Waals surface area contributed by atoms with E-state index in [2.05, 4.69) is 37.3 Å². The molecule has 1 aromatic heterocycles. The summed E-state index contributed by atoms with van der Waals surface area (Å²) in [5.41, 5.74) is 4.39. The molecule has 0 fully saturated rings. The van der Waals surface area contributed by atoms with Gasteiger partial charge in [0.05, 0.1) is 11.9 Å². The summed E-state index contributed by atoms with van der Waals surface area (Å²) in [4.78, 5) is 12.1. The molecule has 3 rings (SSSR count). The van der Waals surface area contributed by atoms with Crippen molar-refractivity contribution in [2.45, 2.75) is 33.2 Å². The van der Waals surface area contributed by atoms with Crippen LogP contribution in [0.5, 0.6) is 5.75 Å². The van der Waals surface area contributed by atoms with Crippen LogP contribution < -0.4 is 10.1 Å². The van der Waals surface area contributed by atoms with E-state index in [0.717, 1.165) is 11.3 Å². The Labute approximate surface area is 160 Å². The number of hydrogen-bond acceptors (Lipinski definition) is 3. The fraction of sp³-hybridized carbons (Fsp3) is 0.273. The van der Waals surface area contributed by atoms with Gasteiger partial charge in [0.25, 0.3) is 5.91 Å². The van der Waals surface area contributed by atoms with E-state index in [1.807, 2.05) is 48.7 Å². The molecule has 0 aliphatic heterocycles. The van der Waals surface area contributed by atoms with E-state index in [1.54, 1.807) is 10.9 Å². The number of amides is 1. The summed E-state index contributed by atoms with van der Waals surface area (Å²) < 4.78 is 7.40. The number of carbonyl (C=O) groups is 1. The van der Waals surface area contributed by atoms with Gasteiger partial charge in [-0.3, -0.25) is 4.79 Å². The van der Waals surface area contributed by atoms with Crippen LogP contribution in [0, 0.1) is 6.92 Å². The SMILES string of the molecule is Cc1cc(OCC(=O)NCc2cnn(-c3ccccc3)c2)ccc1C(C)C. The lowest BCUT2D eigenvalue weighted by Gasteiger charge is -2.12. The maximum Gasteiger partial charge on any atom is 0.258 e. The molecule has 0 radical (unpaired) electrons. The van der Waals surface area contributed by atoms with Crippen molar-refractivity contribution in [1.29, 1.82) is 0 Å². The molecule has 3 aromatic rings. The molecule has 1 amide bonds. The molecule has 0 unspecified atom stereocenters. The first-order valence-corrected chi connectivity index (χ1v) is 9.12. The third-order valence-corrected chi connectivity index (χ3v) is 4.38. The number of ether oxygens (including phenoxy) is 1. The van der Waals surface area contributed by atoms with E-state index in [4.69, 9.17) is 4.74 Å². The highest BCUT2D eigenvalue weighted by Crippen LogP contribution is 2.23. The van der Waals surface area contributed by atoms with Gasteiger partial charge in [0, 0.05) is 18.3 Å². The van der Waals surface area contributed by atoms with Gasteiger partial charge in [-0.25, -0.2) is 4.68 Å². The van der Waals surface area contributed by atoms with E-state index in [1.165, 1.54) is 11.1 Å². The van der Waals surface area contributed by atoms with Crippen molar-refractivity contribution in [3.8, 4) is 11.4 Å². The van der Waals surface area contributed by atoms with Crippen molar-refractivity contribution in [3.63, 3.8) is 0 Å². The molecule has 5 heteroatoms. The molecule has 27 heavy (non-hydrogen) atoms. The molecule has 0 aliphatic rings. The van der Waals surface area contributed by atoms with Crippen molar-refractivity contribution in [3.05, 3.63) is 77.6 Å². The maximum atomic E-state index is 12.1. The number of aromatic nitrogens is 2. The van der Waals surface area contributed by atoms with Crippen LogP contribution in [0.25, 0.3) is 5.69 Å². The van der Waals surface area contributed by atoms with Gasteiger partial charge in [-0.2, -0.15) is 5.10 Å². The van der Waals surface area contributed by atoms with Gasteiger partial charge < -0.3 is 10.1 Å². The van der Waals surface area contributed by atoms with Crippen LogP contribution in [0.4, 0.5) is 0 Å². The van der Waals surface area contributed by atoms with Crippen LogP contribution in [0.1, 0.15) is 36.5 Å². The second-order valence-electron chi connectivity index (χ2n) is 6.87. The van der Waals surface area contributed by atoms with Gasteiger partial charge in [0.2, 0.25) is 0 Å². The lowest BCUT2D eigenvalue weighted by atomic mass is 9.98. The minimum Gasteiger partial charge on any atom is -0.484 e. The highest BCUT2D eigenvalue weighted by molar-refractivity contribution is 5.77. The number of para-hydroxylation sites is 1. The first-order valence-electron chi connectivity index (χ1n) is 9.12. The first kappa shape index (κ1) is 18.7. The molecular formula is C22H25N3O2. The average molecular weight is 363 g/mol. The molecule has 0 atom stereocenters. The number of rotatable bonds is 7. The summed E-state index contributed by atoms with van der Waals surface area (Å²) in [6, 6.07) is 15.8. The fourth-order valence-electron chi connectivity index (χ4n) is 2.96. The molecule has 140 valence electrons. The quantitative estimate of drug-likeness (QED) is 0.690. The Morgan fingerprint density at radius 3 is 2.67 bits per heavy atom. The Morgan fingerprint density at radius 2 is 1.96 bits per heavy atom. The fourth-order valence-corrected chi connectivity index (χ4v) is 2.96. The van der Waals surface area contributed by atoms with Crippen LogP contribution in [0.15, 0.2) is 60.9 Å². The summed E-state index contributed by atoms with van der Waals surface area (Å²) in [6.45, 7) is 6.80. The standard InChI is InChI=1S/C22H25N3O2/c1-16(2)21-10-9-20(11-17(21)3)27-15-22(26)23-12-18-13-24-25(14-18)19-7-5-4-6-8-19/h4-11,13-14,16H,12,15H2,1-3H3,(H,23,26). The second kappa shape index (κ2) is 8.54. The number of benzene rings is 2. The predicted molar refractivity (Wildman–Crippen MR) is 106 cm³/mol. The highest BCUT2D eigenvalue weighted by Gasteiger charge is 2.08. The minimum absolute atomic E-state index is 0.00666. The highest BCUT2D eigenvalue weighted by atomic mass is 16.5. The molecule has 0 spiro atoms. The van der Waals surface area contributed by atoms with Gasteiger partial charge in [-0.15, -0.1) is 0 Å². The van der Waals surface area contributed by atoms with Crippen molar-refractivity contribution in [2.24, 2.45) is 0 Å². The topological polar surface area (TPSA) is 56.1 Å². The third kappa shape index (κ3) is 4.97. The third-order valence-electron chi connectivity index (χ3n) is 4.38. The summed E-state index contributed by atoms with van der Waals surface area (Å²) in [5, 5.41) is 7.19. The van der Waals surface area contributed by atoms with Gasteiger partial charge >= 0.3 is 0 Å². The molecule has 2 aromatic carbocycles. The number of hydrogen-bond donors (Lipinski definition) is 1. The monoisotopic (exact) mass is 363 g/mol. The van der Waals surface area contributed by atoms with Gasteiger partial charge in [0.15, 0.2) is 6.61 Å². The normalized spacial score (nSPS) is 10.8. The number of aryl methyl sites for hydroxylation is 1. The molecule has 1 heterocycles. The van der Waals surface area contributed by atoms with Gasteiger partial charge in [-0.05, 0) is 48.2 Å². The second-order valence-corrected chi connectivity index (χ2v) is 6.87. The number of nitrogens with one attached hydrogen (secondary N) is 1. The largest absolute Gasteiger partial charge is 0.484 e. The van der Waals surface area contributed by atoms with Gasteiger partial charge in [-0.1, -0.05) is 38.1 Å². The molecule has 0 saturated carbocycles. The van der Waals surface area contributed by atoms with Crippen molar-refractivity contribution in [1.82, 2.24) is 15.1 Å². The van der Waals surface area contributed by atoms with E-state index in [9.17, 15) is 4.79 Å². The smallest absolute Gasteiger partial charge is 0.258 e. The molecule has 0 bridgehead atoms. The Bertz CT molecular complexity index is 901. The summed E-state index contributed by atoms with van der Waals surface area (Å²) in [7, 11) is 0. The maximum absolute atomic E-state index is 12.1. The minimum atomic E-state index is -0.159. The van der Waals surface area contributed by atoms with Crippen LogP contribution in [-0.2, 0) is 11.3 Å². The predicted octanol–water partition coefficient (Wildman–Crippen LogP) is 4.00. The molecule has 5 nitrogen and oxygen atoms in total. The Balaban J connectivity index is 1.49. The van der Waals surface area contributed by atoms with E-state index < -0.39 is 0 Å². The molecule has 1 N–H and O–H groups in total. The number of carbonyl (C=O) groups excluding carboxylic acids is 1. The van der Waals surface area contributed by atoms with Gasteiger partial charge in [0.1, 0.15) is 5.75 Å². The molecule has 0 saturated heterocycles. The molecule has 0 aliphatic carbocycles.